The number of benzene rings is 2. The summed E-state index contributed by atoms with van der Waals surface area (Å²) in [7, 11) is 0. The molecule has 0 atom stereocenters. The van der Waals surface area contributed by atoms with Crippen LogP contribution in [0.15, 0.2) is 42.5 Å². The van der Waals surface area contributed by atoms with E-state index in [4.69, 9.17) is 0 Å². The van der Waals surface area contributed by atoms with Crippen LogP contribution in [0.2, 0.25) is 0 Å². The van der Waals surface area contributed by atoms with Gasteiger partial charge in [-0.15, -0.1) is 0 Å². The van der Waals surface area contributed by atoms with Gasteiger partial charge in [0.2, 0.25) is 0 Å². The van der Waals surface area contributed by atoms with Crippen LogP contribution in [0.5, 0.6) is 0 Å². The Balaban J connectivity index is 1.76. The molecule has 0 aliphatic carbocycles. The standard InChI is InChI=1S/C19H20N4O4/c1-13-2-3-15(19(25)22-10-8-20-9-11-22)12-17(13)21-18(24)14-4-6-16(7-5-14)23(26)27/h2-7,12,20H,8-11H2,1H3,(H,21,24). The quantitative estimate of drug-likeness (QED) is 0.636. The minimum absolute atomic E-state index is 0.0673. The Bertz CT molecular complexity index is 874. The molecule has 3 rings (SSSR count). The van der Waals surface area contributed by atoms with Gasteiger partial charge in [-0.3, -0.25) is 19.7 Å². The number of amides is 2. The first-order chi connectivity index (χ1) is 13.0. The number of aryl methyl sites for hydroxylation is 1. The number of nitrogens with one attached hydrogen (secondary N) is 2. The number of piperazine rings is 1. The van der Waals surface area contributed by atoms with E-state index < -0.39 is 4.92 Å². The van der Waals surface area contributed by atoms with E-state index in [0.717, 1.165) is 18.7 Å². The first kappa shape index (κ1) is 18.5. The molecule has 0 spiro atoms. The summed E-state index contributed by atoms with van der Waals surface area (Å²) in [6, 6.07) is 10.6. The van der Waals surface area contributed by atoms with Gasteiger partial charge >= 0.3 is 0 Å². The molecule has 2 aromatic rings. The molecule has 0 aromatic heterocycles. The van der Waals surface area contributed by atoms with Crippen LogP contribution in [0.4, 0.5) is 11.4 Å². The zero-order valence-electron chi connectivity index (χ0n) is 14.9. The highest BCUT2D eigenvalue weighted by molar-refractivity contribution is 6.05. The maximum Gasteiger partial charge on any atom is 0.269 e. The molecule has 2 aromatic carbocycles. The summed E-state index contributed by atoms with van der Waals surface area (Å²) in [5, 5.41) is 16.7. The fourth-order valence-electron chi connectivity index (χ4n) is 2.87. The van der Waals surface area contributed by atoms with E-state index in [-0.39, 0.29) is 17.5 Å². The highest BCUT2D eigenvalue weighted by Gasteiger charge is 2.19. The SMILES string of the molecule is Cc1ccc(C(=O)N2CCNCC2)cc1NC(=O)c1ccc([N+](=O)[O-])cc1. The Morgan fingerprint density at radius 3 is 2.33 bits per heavy atom. The zero-order chi connectivity index (χ0) is 19.4. The Morgan fingerprint density at radius 1 is 1.07 bits per heavy atom. The third kappa shape index (κ3) is 4.29. The predicted molar refractivity (Wildman–Crippen MR) is 101 cm³/mol. The van der Waals surface area contributed by atoms with Gasteiger partial charge in [0.25, 0.3) is 17.5 Å². The molecule has 8 heteroatoms. The number of nitro benzene ring substituents is 1. The molecular weight excluding hydrogens is 348 g/mol. The normalized spacial score (nSPS) is 13.9. The van der Waals surface area contributed by atoms with Gasteiger partial charge in [-0.2, -0.15) is 0 Å². The summed E-state index contributed by atoms with van der Waals surface area (Å²) in [6.07, 6.45) is 0. The van der Waals surface area contributed by atoms with Crippen LogP contribution in [0.25, 0.3) is 0 Å². The molecule has 1 heterocycles. The van der Waals surface area contributed by atoms with E-state index in [9.17, 15) is 19.7 Å². The molecule has 1 aliphatic rings. The zero-order valence-corrected chi connectivity index (χ0v) is 14.9. The summed E-state index contributed by atoms with van der Waals surface area (Å²) in [4.78, 5) is 37.1. The van der Waals surface area contributed by atoms with Crippen molar-refractivity contribution in [1.29, 1.82) is 0 Å². The summed E-state index contributed by atoms with van der Waals surface area (Å²) in [5.74, 6) is -0.456. The van der Waals surface area contributed by atoms with Gasteiger partial charge in [0.05, 0.1) is 4.92 Å². The number of nitrogens with zero attached hydrogens (tertiary/aromatic N) is 2. The van der Waals surface area contributed by atoms with Crippen molar-refractivity contribution in [3.05, 3.63) is 69.3 Å². The lowest BCUT2D eigenvalue weighted by Gasteiger charge is -2.27. The van der Waals surface area contributed by atoms with Crippen molar-refractivity contribution in [2.75, 3.05) is 31.5 Å². The molecule has 0 bridgehead atoms. The van der Waals surface area contributed by atoms with Gasteiger partial charge < -0.3 is 15.5 Å². The molecule has 2 amide bonds. The second kappa shape index (κ2) is 7.96. The largest absolute Gasteiger partial charge is 0.336 e. The second-order valence-electron chi connectivity index (χ2n) is 6.33. The van der Waals surface area contributed by atoms with Crippen LogP contribution < -0.4 is 10.6 Å². The lowest BCUT2D eigenvalue weighted by Crippen LogP contribution is -2.46. The van der Waals surface area contributed by atoms with E-state index in [1.807, 2.05) is 6.92 Å². The molecule has 0 radical (unpaired) electrons. The number of nitro groups is 1. The van der Waals surface area contributed by atoms with Crippen molar-refractivity contribution in [3.8, 4) is 0 Å². The van der Waals surface area contributed by atoms with E-state index >= 15 is 0 Å². The van der Waals surface area contributed by atoms with Crippen molar-refractivity contribution >= 4 is 23.2 Å². The molecule has 0 unspecified atom stereocenters. The van der Waals surface area contributed by atoms with Crippen molar-refractivity contribution in [2.24, 2.45) is 0 Å². The molecular formula is C19H20N4O4. The smallest absolute Gasteiger partial charge is 0.269 e. The molecule has 1 aliphatic heterocycles. The van der Waals surface area contributed by atoms with E-state index in [1.54, 1.807) is 23.1 Å². The third-order valence-corrected chi connectivity index (χ3v) is 4.48. The molecule has 140 valence electrons. The molecule has 1 fully saturated rings. The Hall–Kier alpha value is -3.26. The Labute approximate surface area is 156 Å². The minimum atomic E-state index is -0.517. The van der Waals surface area contributed by atoms with Crippen LogP contribution in [-0.2, 0) is 0 Å². The van der Waals surface area contributed by atoms with Gasteiger partial charge in [0, 0.05) is 55.1 Å². The number of non-ortho nitro benzene ring substituents is 1. The van der Waals surface area contributed by atoms with Crippen LogP contribution in [-0.4, -0.2) is 47.8 Å². The highest BCUT2D eigenvalue weighted by atomic mass is 16.6. The predicted octanol–water partition coefficient (Wildman–Crippen LogP) is 2.20. The van der Waals surface area contributed by atoms with Gasteiger partial charge in [-0.05, 0) is 36.8 Å². The van der Waals surface area contributed by atoms with Crippen LogP contribution >= 0.6 is 0 Å². The molecule has 8 nitrogen and oxygen atoms in total. The first-order valence-electron chi connectivity index (χ1n) is 8.62. The lowest BCUT2D eigenvalue weighted by atomic mass is 10.1. The van der Waals surface area contributed by atoms with Crippen LogP contribution in [0.3, 0.4) is 0 Å². The van der Waals surface area contributed by atoms with Gasteiger partial charge in [0.1, 0.15) is 0 Å². The summed E-state index contributed by atoms with van der Waals surface area (Å²) in [5.41, 5.74) is 2.10. The minimum Gasteiger partial charge on any atom is -0.336 e. The van der Waals surface area contributed by atoms with Gasteiger partial charge in [-0.1, -0.05) is 6.07 Å². The number of carbonyl (C=O) groups is 2. The highest BCUT2D eigenvalue weighted by Crippen LogP contribution is 2.20. The summed E-state index contributed by atoms with van der Waals surface area (Å²) < 4.78 is 0. The topological polar surface area (TPSA) is 105 Å². The monoisotopic (exact) mass is 368 g/mol. The molecule has 2 N–H and O–H groups in total. The average Bonchev–Trinajstić information content (AvgIpc) is 2.69. The Morgan fingerprint density at radius 2 is 1.70 bits per heavy atom. The summed E-state index contributed by atoms with van der Waals surface area (Å²) >= 11 is 0. The van der Waals surface area contributed by atoms with E-state index in [0.29, 0.717) is 29.9 Å². The fourth-order valence-corrected chi connectivity index (χ4v) is 2.87. The fraction of sp³-hybridized carbons (Fsp3) is 0.263. The molecule has 1 saturated heterocycles. The Kier molecular flexibility index (Phi) is 5.46. The van der Waals surface area contributed by atoms with Crippen molar-refractivity contribution in [3.63, 3.8) is 0 Å². The maximum atomic E-state index is 12.6. The second-order valence-corrected chi connectivity index (χ2v) is 6.33. The van der Waals surface area contributed by atoms with Gasteiger partial charge in [0.15, 0.2) is 0 Å². The number of hydrogen-bond donors (Lipinski definition) is 2. The third-order valence-electron chi connectivity index (χ3n) is 4.48. The first-order valence-corrected chi connectivity index (χ1v) is 8.62. The lowest BCUT2D eigenvalue weighted by molar-refractivity contribution is -0.384. The van der Waals surface area contributed by atoms with Crippen LogP contribution in [0.1, 0.15) is 26.3 Å². The van der Waals surface area contributed by atoms with E-state index in [1.165, 1.54) is 24.3 Å². The van der Waals surface area contributed by atoms with Crippen LogP contribution in [0, 0.1) is 17.0 Å². The number of carbonyl (C=O) groups excluding carboxylic acids is 2. The van der Waals surface area contributed by atoms with Crippen molar-refractivity contribution in [1.82, 2.24) is 10.2 Å². The van der Waals surface area contributed by atoms with Crippen molar-refractivity contribution in [2.45, 2.75) is 6.92 Å². The number of hydrogen-bond acceptors (Lipinski definition) is 5. The number of rotatable bonds is 4. The molecule has 0 saturated carbocycles. The molecule has 27 heavy (non-hydrogen) atoms. The van der Waals surface area contributed by atoms with Gasteiger partial charge in [-0.25, -0.2) is 0 Å². The number of anilines is 1. The summed E-state index contributed by atoms with van der Waals surface area (Å²) in [6.45, 7) is 4.67. The van der Waals surface area contributed by atoms with E-state index in [2.05, 4.69) is 10.6 Å². The average molecular weight is 368 g/mol. The van der Waals surface area contributed by atoms with Crippen molar-refractivity contribution < 1.29 is 14.5 Å². The maximum absolute atomic E-state index is 12.6.